The number of thiophene rings is 1. The molecule has 0 aliphatic carbocycles. The third kappa shape index (κ3) is 2.49. The Morgan fingerprint density at radius 2 is 2.25 bits per heavy atom. The topological polar surface area (TPSA) is 50.7 Å². The molecule has 0 amide bonds. The number of fused-ring (bicyclic) bond motifs is 1. The van der Waals surface area contributed by atoms with Crippen molar-refractivity contribution in [2.24, 2.45) is 0 Å². The van der Waals surface area contributed by atoms with Gasteiger partial charge in [-0.2, -0.15) is 0 Å². The van der Waals surface area contributed by atoms with Crippen molar-refractivity contribution >= 4 is 27.4 Å². The monoisotopic (exact) mass is 284 g/mol. The molecule has 5 heteroatoms. The second kappa shape index (κ2) is 5.54. The van der Waals surface area contributed by atoms with Gasteiger partial charge < -0.3 is 5.32 Å². The summed E-state index contributed by atoms with van der Waals surface area (Å²) in [6, 6.07) is 6.35. The molecule has 0 bridgehead atoms. The van der Waals surface area contributed by atoms with Gasteiger partial charge in [-0.15, -0.1) is 11.3 Å². The third-order valence-corrected chi connectivity index (χ3v) is 4.45. The van der Waals surface area contributed by atoms with Crippen LogP contribution < -0.4 is 5.32 Å². The molecule has 0 unspecified atom stereocenters. The zero-order chi connectivity index (χ0) is 13.9. The van der Waals surface area contributed by atoms with Gasteiger partial charge in [0.2, 0.25) is 0 Å². The summed E-state index contributed by atoms with van der Waals surface area (Å²) < 4.78 is 0. The van der Waals surface area contributed by atoms with Crippen LogP contribution in [0.3, 0.4) is 0 Å². The molecule has 0 fully saturated rings. The Morgan fingerprint density at radius 3 is 3.00 bits per heavy atom. The quantitative estimate of drug-likeness (QED) is 0.791. The Hall–Kier alpha value is -2.01. The molecule has 3 aromatic rings. The number of nitrogens with zero attached hydrogens (tertiary/aromatic N) is 3. The first-order chi connectivity index (χ1) is 9.78. The van der Waals surface area contributed by atoms with E-state index < -0.39 is 0 Å². The largest absolute Gasteiger partial charge is 0.363 e. The molecule has 0 saturated carbocycles. The van der Waals surface area contributed by atoms with Crippen LogP contribution in [0.4, 0.5) is 5.82 Å². The lowest BCUT2D eigenvalue weighted by Gasteiger charge is -2.14. The summed E-state index contributed by atoms with van der Waals surface area (Å²) in [5.74, 6) is 0.891. The van der Waals surface area contributed by atoms with Gasteiger partial charge in [0.05, 0.1) is 11.4 Å². The van der Waals surface area contributed by atoms with Crippen molar-refractivity contribution in [2.75, 3.05) is 5.32 Å². The number of rotatable bonds is 4. The average molecular weight is 284 g/mol. The molecule has 3 aromatic heterocycles. The Kier molecular flexibility index (Phi) is 3.60. The first kappa shape index (κ1) is 13.0. The van der Waals surface area contributed by atoms with Crippen LogP contribution in [-0.4, -0.2) is 15.0 Å². The third-order valence-electron chi connectivity index (χ3n) is 3.27. The summed E-state index contributed by atoms with van der Waals surface area (Å²) in [5.41, 5.74) is 1.14. The van der Waals surface area contributed by atoms with Crippen LogP contribution in [0.25, 0.3) is 10.2 Å². The Labute approximate surface area is 121 Å². The van der Waals surface area contributed by atoms with Gasteiger partial charge in [0.1, 0.15) is 17.0 Å². The molecule has 0 spiro atoms. The molecule has 0 aliphatic heterocycles. The number of aryl methyl sites for hydroxylation is 1. The van der Waals surface area contributed by atoms with E-state index in [4.69, 9.17) is 0 Å². The first-order valence-electron chi connectivity index (χ1n) is 6.67. The molecular formula is C15H16N4S. The molecule has 102 valence electrons. The molecule has 1 N–H and O–H groups in total. The van der Waals surface area contributed by atoms with Gasteiger partial charge in [0, 0.05) is 17.3 Å². The van der Waals surface area contributed by atoms with Gasteiger partial charge in [-0.25, -0.2) is 9.97 Å². The summed E-state index contributed by atoms with van der Waals surface area (Å²) in [7, 11) is 0. The van der Waals surface area contributed by atoms with Gasteiger partial charge >= 0.3 is 0 Å². The van der Waals surface area contributed by atoms with Crippen LogP contribution in [0.1, 0.15) is 30.3 Å². The summed E-state index contributed by atoms with van der Waals surface area (Å²) in [5, 5.41) is 4.56. The van der Waals surface area contributed by atoms with Crippen molar-refractivity contribution in [3.8, 4) is 0 Å². The second-order valence-corrected chi connectivity index (χ2v) is 5.77. The molecule has 0 aliphatic rings. The van der Waals surface area contributed by atoms with E-state index in [1.54, 1.807) is 23.9 Å². The van der Waals surface area contributed by atoms with Crippen molar-refractivity contribution in [3.05, 3.63) is 47.4 Å². The highest BCUT2D eigenvalue weighted by atomic mass is 32.1. The van der Waals surface area contributed by atoms with Crippen LogP contribution in [0.2, 0.25) is 0 Å². The predicted molar refractivity (Wildman–Crippen MR) is 83.1 cm³/mol. The fourth-order valence-corrected chi connectivity index (χ4v) is 3.05. The zero-order valence-corrected chi connectivity index (χ0v) is 12.3. The van der Waals surface area contributed by atoms with Crippen LogP contribution in [-0.2, 0) is 6.42 Å². The fourth-order valence-electron chi connectivity index (χ4n) is 2.12. The second-order valence-electron chi connectivity index (χ2n) is 4.66. The lowest BCUT2D eigenvalue weighted by atomic mass is 10.1. The summed E-state index contributed by atoms with van der Waals surface area (Å²) in [4.78, 5) is 15.3. The van der Waals surface area contributed by atoms with Gasteiger partial charge in [0.15, 0.2) is 0 Å². The van der Waals surface area contributed by atoms with Gasteiger partial charge in [-0.05, 0) is 31.0 Å². The minimum Gasteiger partial charge on any atom is -0.363 e. The lowest BCUT2D eigenvalue weighted by Crippen LogP contribution is -2.08. The van der Waals surface area contributed by atoms with E-state index in [9.17, 15) is 0 Å². The molecule has 4 nitrogen and oxygen atoms in total. The maximum absolute atomic E-state index is 4.38. The maximum atomic E-state index is 4.38. The van der Waals surface area contributed by atoms with Crippen molar-refractivity contribution in [1.29, 1.82) is 0 Å². The van der Waals surface area contributed by atoms with Crippen LogP contribution in [0.5, 0.6) is 0 Å². The van der Waals surface area contributed by atoms with Crippen molar-refractivity contribution in [1.82, 2.24) is 15.0 Å². The van der Waals surface area contributed by atoms with E-state index in [0.717, 1.165) is 28.0 Å². The van der Waals surface area contributed by atoms with Crippen LogP contribution in [0, 0.1) is 0 Å². The molecule has 3 heterocycles. The van der Waals surface area contributed by atoms with Gasteiger partial charge in [-0.3, -0.25) is 4.98 Å². The molecule has 0 aromatic carbocycles. The summed E-state index contributed by atoms with van der Waals surface area (Å²) >= 11 is 1.73. The Balaban J connectivity index is 1.92. The first-order valence-corrected chi connectivity index (χ1v) is 7.49. The number of aromatic nitrogens is 3. The SMILES string of the molecule is CCc1cc2c(N[C@@H](C)c3cccnc3)ncnc2s1. The molecule has 1 atom stereocenters. The number of nitrogens with one attached hydrogen (secondary N) is 1. The highest BCUT2D eigenvalue weighted by Gasteiger charge is 2.11. The number of hydrogen-bond donors (Lipinski definition) is 1. The Bertz CT molecular complexity index is 708. The highest BCUT2D eigenvalue weighted by molar-refractivity contribution is 7.18. The van der Waals surface area contributed by atoms with E-state index in [2.05, 4.69) is 46.2 Å². The predicted octanol–water partition coefficient (Wildman–Crippen LogP) is 3.82. The van der Waals surface area contributed by atoms with E-state index in [1.165, 1.54) is 4.88 Å². The van der Waals surface area contributed by atoms with Crippen LogP contribution >= 0.6 is 11.3 Å². The minimum atomic E-state index is 0.159. The standard InChI is InChI=1S/C15H16N4S/c1-3-12-7-13-14(17-9-18-15(13)20-12)19-10(2)11-5-4-6-16-8-11/h4-10H,3H2,1-2H3,(H,17,18,19)/t10-/m0/s1. The Morgan fingerprint density at radius 1 is 1.35 bits per heavy atom. The summed E-state index contributed by atoms with van der Waals surface area (Å²) in [6.45, 7) is 4.27. The smallest absolute Gasteiger partial charge is 0.138 e. The van der Waals surface area contributed by atoms with Gasteiger partial charge in [0.25, 0.3) is 0 Å². The molecule has 0 saturated heterocycles. The van der Waals surface area contributed by atoms with Crippen molar-refractivity contribution < 1.29 is 0 Å². The van der Waals surface area contributed by atoms with Crippen molar-refractivity contribution in [2.45, 2.75) is 26.3 Å². The number of pyridine rings is 1. The normalized spacial score (nSPS) is 12.5. The van der Waals surface area contributed by atoms with Crippen molar-refractivity contribution in [3.63, 3.8) is 0 Å². The van der Waals surface area contributed by atoms with E-state index in [1.807, 2.05) is 12.3 Å². The molecule has 20 heavy (non-hydrogen) atoms. The van der Waals surface area contributed by atoms with Crippen LogP contribution in [0.15, 0.2) is 36.9 Å². The average Bonchev–Trinajstić information content (AvgIpc) is 2.92. The number of hydrogen-bond acceptors (Lipinski definition) is 5. The highest BCUT2D eigenvalue weighted by Crippen LogP contribution is 2.30. The van der Waals surface area contributed by atoms with Gasteiger partial charge in [-0.1, -0.05) is 13.0 Å². The summed E-state index contributed by atoms with van der Waals surface area (Å²) in [6.07, 6.45) is 6.31. The van der Waals surface area contributed by atoms with E-state index in [0.29, 0.717) is 0 Å². The molecule has 3 rings (SSSR count). The van der Waals surface area contributed by atoms with E-state index >= 15 is 0 Å². The maximum Gasteiger partial charge on any atom is 0.138 e. The number of anilines is 1. The minimum absolute atomic E-state index is 0.159. The molecule has 0 radical (unpaired) electrons. The molecular weight excluding hydrogens is 268 g/mol. The van der Waals surface area contributed by atoms with E-state index in [-0.39, 0.29) is 6.04 Å². The zero-order valence-electron chi connectivity index (χ0n) is 11.5. The fraction of sp³-hybridized carbons (Fsp3) is 0.267. The lowest BCUT2D eigenvalue weighted by molar-refractivity contribution is 0.867.